The molecule has 1 amide bonds. The van der Waals surface area contributed by atoms with Crippen molar-refractivity contribution >= 4 is 52.3 Å². The van der Waals surface area contributed by atoms with Gasteiger partial charge in [-0.1, -0.05) is 12.1 Å². The fraction of sp³-hybridized carbons (Fsp3) is 0.500. The number of thiazole rings is 1. The molecule has 2 N–H and O–H groups in total. The lowest BCUT2D eigenvalue weighted by molar-refractivity contribution is -0.121. The lowest BCUT2D eigenvalue weighted by Gasteiger charge is -2.11. The van der Waals surface area contributed by atoms with Gasteiger partial charge in [-0.05, 0) is 44.4 Å². The first-order chi connectivity index (χ1) is 10.3. The highest BCUT2D eigenvalue weighted by Crippen LogP contribution is 2.22. The summed E-state index contributed by atoms with van der Waals surface area (Å²) >= 11 is 1.73. The Labute approximate surface area is 153 Å². The second kappa shape index (κ2) is 10.1. The Bertz CT molecular complexity index is 581. The minimum Gasteiger partial charge on any atom is -0.355 e. The fourth-order valence-electron chi connectivity index (χ4n) is 2.68. The van der Waals surface area contributed by atoms with Gasteiger partial charge in [0.15, 0.2) is 0 Å². The summed E-state index contributed by atoms with van der Waals surface area (Å²) in [7, 11) is 0. The second-order valence-electron chi connectivity index (χ2n) is 5.53. The smallest absolute Gasteiger partial charge is 0.220 e. The minimum absolute atomic E-state index is 0. The van der Waals surface area contributed by atoms with Crippen molar-refractivity contribution in [2.45, 2.75) is 38.1 Å². The molecule has 0 saturated carbocycles. The third-order valence-corrected chi connectivity index (χ3v) is 4.94. The number of halogens is 2. The average Bonchev–Trinajstić information content (AvgIpc) is 3.14. The van der Waals surface area contributed by atoms with Crippen LogP contribution in [-0.2, 0) is 11.2 Å². The molecular weight excluding hydrogens is 353 g/mol. The number of aromatic nitrogens is 1. The highest BCUT2D eigenvalue weighted by atomic mass is 35.5. The van der Waals surface area contributed by atoms with Gasteiger partial charge in [-0.2, -0.15) is 0 Å². The number of carbonyl (C=O) groups excluding carboxylic acids is 1. The summed E-state index contributed by atoms with van der Waals surface area (Å²) in [5.41, 5.74) is 1.06. The van der Waals surface area contributed by atoms with E-state index in [0.717, 1.165) is 36.5 Å². The Kier molecular flexibility index (Phi) is 8.84. The molecule has 1 fully saturated rings. The highest BCUT2D eigenvalue weighted by Gasteiger charge is 2.14. The predicted octanol–water partition coefficient (Wildman–Crippen LogP) is 3.33. The van der Waals surface area contributed by atoms with E-state index in [2.05, 4.69) is 21.7 Å². The molecule has 1 atom stereocenters. The molecule has 1 aromatic carbocycles. The maximum absolute atomic E-state index is 11.8. The molecule has 23 heavy (non-hydrogen) atoms. The lowest BCUT2D eigenvalue weighted by atomic mass is 10.2. The first-order valence-electron chi connectivity index (χ1n) is 7.66. The molecule has 7 heteroatoms. The number of nitrogens with one attached hydrogen (secondary N) is 2. The number of carbonyl (C=O) groups is 1. The Morgan fingerprint density at radius 1 is 1.35 bits per heavy atom. The number of hydrogen-bond donors (Lipinski definition) is 2. The monoisotopic (exact) mass is 375 g/mol. The largest absolute Gasteiger partial charge is 0.355 e. The topological polar surface area (TPSA) is 54.0 Å². The Morgan fingerprint density at radius 2 is 2.17 bits per heavy atom. The van der Waals surface area contributed by atoms with E-state index in [1.54, 1.807) is 11.3 Å². The third kappa shape index (κ3) is 5.92. The van der Waals surface area contributed by atoms with E-state index >= 15 is 0 Å². The molecule has 1 unspecified atom stereocenters. The molecular formula is C16H23Cl2N3OS. The van der Waals surface area contributed by atoms with Gasteiger partial charge in [0.05, 0.1) is 15.2 Å². The van der Waals surface area contributed by atoms with E-state index < -0.39 is 0 Å². The standard InChI is InChI=1S/C16H21N3OS.2ClH/c20-15(18-11-12-5-4-10-17-12)8-3-9-16-19-13-6-1-2-7-14(13)21-16;;/h1-2,6-7,12,17H,3-5,8-11H2,(H,18,20);2*1H. The van der Waals surface area contributed by atoms with Crippen molar-refractivity contribution in [1.82, 2.24) is 15.6 Å². The van der Waals surface area contributed by atoms with Gasteiger partial charge in [-0.3, -0.25) is 4.79 Å². The van der Waals surface area contributed by atoms with Crippen LogP contribution in [0, 0.1) is 0 Å². The number of hydrogen-bond acceptors (Lipinski definition) is 4. The molecule has 3 rings (SSSR count). The molecule has 1 aliphatic rings. The maximum Gasteiger partial charge on any atom is 0.220 e. The maximum atomic E-state index is 11.8. The van der Waals surface area contributed by atoms with Gasteiger partial charge in [0, 0.05) is 19.0 Å². The molecule has 1 saturated heterocycles. The number of aryl methyl sites for hydroxylation is 1. The van der Waals surface area contributed by atoms with Gasteiger partial charge in [0.25, 0.3) is 0 Å². The third-order valence-electron chi connectivity index (χ3n) is 3.84. The van der Waals surface area contributed by atoms with Crippen LogP contribution in [0.15, 0.2) is 24.3 Å². The van der Waals surface area contributed by atoms with Crippen molar-refractivity contribution in [2.24, 2.45) is 0 Å². The first kappa shape index (κ1) is 20.2. The Hall–Kier alpha value is -0.880. The number of amides is 1. The normalized spacial score (nSPS) is 16.6. The molecule has 0 bridgehead atoms. The summed E-state index contributed by atoms with van der Waals surface area (Å²) < 4.78 is 1.23. The Morgan fingerprint density at radius 3 is 2.91 bits per heavy atom. The number of fused-ring (bicyclic) bond motifs is 1. The summed E-state index contributed by atoms with van der Waals surface area (Å²) in [6, 6.07) is 8.65. The van der Waals surface area contributed by atoms with E-state index in [9.17, 15) is 4.79 Å². The van der Waals surface area contributed by atoms with E-state index in [-0.39, 0.29) is 30.7 Å². The van der Waals surface area contributed by atoms with Crippen LogP contribution < -0.4 is 10.6 Å². The van der Waals surface area contributed by atoms with Crippen LogP contribution in [-0.4, -0.2) is 30.0 Å². The Balaban J connectivity index is 0.00000132. The van der Waals surface area contributed by atoms with Crippen LogP contribution >= 0.6 is 36.2 Å². The summed E-state index contributed by atoms with van der Waals surface area (Å²) in [5, 5.41) is 7.53. The number of nitrogens with zero attached hydrogens (tertiary/aromatic N) is 1. The van der Waals surface area contributed by atoms with Gasteiger partial charge in [-0.15, -0.1) is 36.2 Å². The van der Waals surface area contributed by atoms with Crippen LogP contribution in [0.3, 0.4) is 0 Å². The van der Waals surface area contributed by atoms with Crippen LogP contribution in [0.5, 0.6) is 0 Å². The molecule has 2 aromatic rings. The van der Waals surface area contributed by atoms with Gasteiger partial charge in [-0.25, -0.2) is 4.98 Å². The van der Waals surface area contributed by atoms with Crippen LogP contribution in [0.2, 0.25) is 0 Å². The molecule has 0 radical (unpaired) electrons. The van der Waals surface area contributed by atoms with E-state index in [1.165, 1.54) is 17.5 Å². The molecule has 0 aliphatic carbocycles. The van der Waals surface area contributed by atoms with Gasteiger partial charge in [0.1, 0.15) is 0 Å². The quantitative estimate of drug-likeness (QED) is 0.813. The van der Waals surface area contributed by atoms with Gasteiger partial charge >= 0.3 is 0 Å². The number of benzene rings is 1. The zero-order chi connectivity index (χ0) is 14.5. The molecule has 4 nitrogen and oxygen atoms in total. The molecule has 1 aliphatic heterocycles. The van der Waals surface area contributed by atoms with E-state index in [1.807, 2.05) is 18.2 Å². The molecule has 128 valence electrons. The van der Waals surface area contributed by atoms with Crippen molar-refractivity contribution < 1.29 is 4.79 Å². The van der Waals surface area contributed by atoms with Crippen molar-refractivity contribution in [3.8, 4) is 0 Å². The second-order valence-corrected chi connectivity index (χ2v) is 6.64. The molecule has 0 spiro atoms. The van der Waals surface area contributed by atoms with Crippen LogP contribution in [0.1, 0.15) is 30.7 Å². The predicted molar refractivity (Wildman–Crippen MR) is 101 cm³/mol. The van der Waals surface area contributed by atoms with Crippen molar-refractivity contribution in [1.29, 1.82) is 0 Å². The summed E-state index contributed by atoms with van der Waals surface area (Å²) in [4.78, 5) is 16.4. The minimum atomic E-state index is 0. The molecule has 2 heterocycles. The van der Waals surface area contributed by atoms with E-state index in [0.29, 0.717) is 12.5 Å². The van der Waals surface area contributed by atoms with Gasteiger partial charge in [0.2, 0.25) is 5.91 Å². The van der Waals surface area contributed by atoms with Crippen molar-refractivity contribution in [2.75, 3.05) is 13.1 Å². The first-order valence-corrected chi connectivity index (χ1v) is 8.47. The van der Waals surface area contributed by atoms with Crippen molar-refractivity contribution in [3.63, 3.8) is 0 Å². The van der Waals surface area contributed by atoms with Crippen LogP contribution in [0.25, 0.3) is 10.2 Å². The fourth-order valence-corrected chi connectivity index (χ4v) is 3.69. The molecule has 1 aromatic heterocycles. The van der Waals surface area contributed by atoms with E-state index in [4.69, 9.17) is 0 Å². The van der Waals surface area contributed by atoms with Gasteiger partial charge < -0.3 is 10.6 Å². The number of rotatable bonds is 6. The number of para-hydroxylation sites is 1. The SMILES string of the molecule is Cl.Cl.O=C(CCCc1nc2ccccc2s1)NCC1CCCN1. The zero-order valence-corrected chi connectivity index (χ0v) is 15.4. The van der Waals surface area contributed by atoms with Crippen LogP contribution in [0.4, 0.5) is 0 Å². The zero-order valence-electron chi connectivity index (χ0n) is 12.9. The lowest BCUT2D eigenvalue weighted by Crippen LogP contribution is -2.37. The summed E-state index contributed by atoms with van der Waals surface area (Å²) in [6.07, 6.45) is 4.73. The van der Waals surface area contributed by atoms with Crippen molar-refractivity contribution in [3.05, 3.63) is 29.3 Å². The summed E-state index contributed by atoms with van der Waals surface area (Å²) in [6.45, 7) is 1.85. The summed E-state index contributed by atoms with van der Waals surface area (Å²) in [5.74, 6) is 0.157. The highest BCUT2D eigenvalue weighted by molar-refractivity contribution is 7.18. The average molecular weight is 376 g/mol.